The number of hydrogen-bond donors (Lipinski definition) is 2. The average Bonchev–Trinajstić information content (AvgIpc) is 2.84. The van der Waals surface area contributed by atoms with Crippen molar-refractivity contribution in [3.05, 3.63) is 48.0 Å². The number of ether oxygens (including phenoxy) is 1. The van der Waals surface area contributed by atoms with Crippen molar-refractivity contribution in [1.82, 2.24) is 9.80 Å². The molecule has 196 valence electrons. The van der Waals surface area contributed by atoms with Gasteiger partial charge in [-0.25, -0.2) is 4.79 Å². The number of β-amino-alcohol motifs (C(OH)–C–C–N with tert-alkyl or cyclic N) is 2. The highest BCUT2D eigenvalue weighted by molar-refractivity contribution is 7.99. The number of para-hydroxylation sites is 1. The van der Waals surface area contributed by atoms with E-state index in [1.54, 1.807) is 11.8 Å². The van der Waals surface area contributed by atoms with E-state index >= 15 is 0 Å². The van der Waals surface area contributed by atoms with Crippen molar-refractivity contribution in [3.8, 4) is 0 Å². The van der Waals surface area contributed by atoms with Gasteiger partial charge in [0.05, 0.1) is 36.2 Å². The van der Waals surface area contributed by atoms with E-state index in [9.17, 15) is 28.2 Å². The molecule has 2 aliphatic heterocycles. The van der Waals surface area contributed by atoms with Crippen LogP contribution in [0.15, 0.2) is 52.3 Å². The number of fused-ring (bicyclic) bond motifs is 2. The minimum atomic E-state index is -4.46. The van der Waals surface area contributed by atoms with E-state index in [0.717, 1.165) is 22.7 Å². The summed E-state index contributed by atoms with van der Waals surface area (Å²) in [6, 6.07) is 11.2. The van der Waals surface area contributed by atoms with Crippen LogP contribution >= 0.6 is 11.8 Å². The molecule has 2 atom stereocenters. The standard InChI is InChI=1S/C25H30F3N3O4S/c1-2-35-24(34)21(33)16-30-11-9-29(10-12-30)14-18(32)15-31-19-5-3-4-6-22(19)36-23-8-7-17(13-20(23)31)25(26,27)28/h3-8,13,18,21,32-33H,2,9-12,14-16H2,1H3. The quantitative estimate of drug-likeness (QED) is 0.509. The number of aliphatic hydroxyl groups excluding tert-OH is 2. The lowest BCUT2D eigenvalue weighted by molar-refractivity contribution is -0.154. The van der Waals surface area contributed by atoms with Gasteiger partial charge in [-0.2, -0.15) is 13.2 Å². The van der Waals surface area contributed by atoms with Crippen LogP contribution in [0.5, 0.6) is 0 Å². The number of carbonyl (C=O) groups excluding carboxylic acids is 1. The van der Waals surface area contributed by atoms with E-state index in [4.69, 9.17) is 4.74 Å². The molecule has 2 unspecified atom stereocenters. The number of nitrogens with zero attached hydrogens (tertiary/aromatic N) is 3. The van der Waals surface area contributed by atoms with Gasteiger partial charge in [0, 0.05) is 49.1 Å². The molecule has 2 aliphatic rings. The second-order valence-electron chi connectivity index (χ2n) is 8.88. The predicted octanol–water partition coefficient (Wildman–Crippen LogP) is 3.21. The SMILES string of the molecule is CCOC(=O)C(O)CN1CCN(CC(O)CN2c3ccccc3Sc3ccc(C(F)(F)F)cc32)CC1. The highest BCUT2D eigenvalue weighted by Gasteiger charge is 2.34. The second-order valence-corrected chi connectivity index (χ2v) is 9.97. The maximum atomic E-state index is 13.4. The van der Waals surface area contributed by atoms with Crippen LogP contribution < -0.4 is 4.90 Å². The summed E-state index contributed by atoms with van der Waals surface area (Å²) in [5.41, 5.74) is 0.485. The van der Waals surface area contributed by atoms with Crippen LogP contribution in [0.3, 0.4) is 0 Å². The number of esters is 1. The zero-order valence-electron chi connectivity index (χ0n) is 19.9. The van der Waals surface area contributed by atoms with Gasteiger partial charge in [0.2, 0.25) is 0 Å². The Balaban J connectivity index is 1.40. The van der Waals surface area contributed by atoms with Crippen LogP contribution in [0, 0.1) is 0 Å². The number of halogens is 3. The number of anilines is 2. The molecule has 2 N–H and O–H groups in total. The van der Waals surface area contributed by atoms with Gasteiger partial charge in [-0.1, -0.05) is 23.9 Å². The molecule has 11 heteroatoms. The Kier molecular flexibility index (Phi) is 8.46. The first-order valence-corrected chi connectivity index (χ1v) is 12.7. The first-order chi connectivity index (χ1) is 17.2. The van der Waals surface area contributed by atoms with E-state index < -0.39 is 29.9 Å². The van der Waals surface area contributed by atoms with E-state index in [1.807, 2.05) is 29.2 Å². The summed E-state index contributed by atoms with van der Waals surface area (Å²) in [4.78, 5) is 19.1. The first-order valence-electron chi connectivity index (χ1n) is 11.9. The second kappa shape index (κ2) is 11.4. The molecule has 36 heavy (non-hydrogen) atoms. The molecule has 1 saturated heterocycles. The van der Waals surface area contributed by atoms with Crippen LogP contribution in [0.25, 0.3) is 0 Å². The fraction of sp³-hybridized carbons (Fsp3) is 0.480. The van der Waals surface area contributed by atoms with Gasteiger partial charge < -0.3 is 19.8 Å². The lowest BCUT2D eigenvalue weighted by Gasteiger charge is -2.38. The molecule has 0 radical (unpaired) electrons. The lowest BCUT2D eigenvalue weighted by atomic mass is 10.1. The van der Waals surface area contributed by atoms with E-state index in [2.05, 4.69) is 4.90 Å². The Morgan fingerprint density at radius 1 is 0.972 bits per heavy atom. The average molecular weight is 526 g/mol. The van der Waals surface area contributed by atoms with Gasteiger partial charge in [0.1, 0.15) is 0 Å². The summed E-state index contributed by atoms with van der Waals surface area (Å²) in [6.45, 7) is 5.08. The summed E-state index contributed by atoms with van der Waals surface area (Å²) in [5.74, 6) is -0.635. The molecule has 2 heterocycles. The minimum absolute atomic E-state index is 0.146. The van der Waals surface area contributed by atoms with E-state index in [0.29, 0.717) is 43.3 Å². The van der Waals surface area contributed by atoms with Crippen molar-refractivity contribution in [2.45, 2.75) is 35.1 Å². The lowest BCUT2D eigenvalue weighted by Crippen LogP contribution is -2.52. The number of benzene rings is 2. The van der Waals surface area contributed by atoms with Gasteiger partial charge in [-0.15, -0.1) is 0 Å². The normalized spacial score (nSPS) is 18.3. The Morgan fingerprint density at radius 3 is 2.28 bits per heavy atom. The zero-order valence-corrected chi connectivity index (χ0v) is 20.8. The fourth-order valence-corrected chi connectivity index (χ4v) is 5.56. The molecule has 1 fully saturated rings. The molecule has 0 aliphatic carbocycles. The summed E-state index contributed by atoms with van der Waals surface area (Å²) in [6.07, 6.45) is -6.46. The number of carbonyl (C=O) groups is 1. The van der Waals surface area contributed by atoms with Crippen molar-refractivity contribution in [3.63, 3.8) is 0 Å². The third-order valence-corrected chi connectivity index (χ3v) is 7.40. The maximum absolute atomic E-state index is 13.4. The zero-order chi connectivity index (χ0) is 25.9. The predicted molar refractivity (Wildman–Crippen MR) is 131 cm³/mol. The summed E-state index contributed by atoms with van der Waals surface area (Å²) in [7, 11) is 0. The molecular weight excluding hydrogens is 495 g/mol. The molecule has 7 nitrogen and oxygen atoms in total. The van der Waals surface area contributed by atoms with Gasteiger partial charge in [-0.05, 0) is 37.3 Å². The Morgan fingerprint density at radius 2 is 1.61 bits per heavy atom. The van der Waals surface area contributed by atoms with Crippen LogP contribution in [0.4, 0.5) is 24.5 Å². The Labute approximate surface area is 212 Å². The van der Waals surface area contributed by atoms with Crippen molar-refractivity contribution in [2.24, 2.45) is 0 Å². The minimum Gasteiger partial charge on any atom is -0.464 e. The molecule has 2 aromatic rings. The van der Waals surface area contributed by atoms with Crippen molar-refractivity contribution in [1.29, 1.82) is 0 Å². The van der Waals surface area contributed by atoms with E-state index in [-0.39, 0.29) is 19.7 Å². The number of alkyl halides is 3. The Bertz CT molecular complexity index is 1060. The van der Waals surface area contributed by atoms with Crippen molar-refractivity contribution < 1.29 is 32.9 Å². The number of hydrogen-bond acceptors (Lipinski definition) is 8. The molecular formula is C25H30F3N3O4S. The van der Waals surface area contributed by atoms with Gasteiger partial charge >= 0.3 is 12.1 Å². The molecule has 2 aromatic carbocycles. The van der Waals surface area contributed by atoms with Crippen LogP contribution in [0.2, 0.25) is 0 Å². The van der Waals surface area contributed by atoms with E-state index in [1.165, 1.54) is 17.8 Å². The highest BCUT2D eigenvalue weighted by atomic mass is 32.2. The van der Waals surface area contributed by atoms with Crippen LogP contribution in [0.1, 0.15) is 12.5 Å². The molecule has 0 spiro atoms. The molecule has 0 bridgehead atoms. The molecule has 4 rings (SSSR count). The summed E-state index contributed by atoms with van der Waals surface area (Å²) >= 11 is 1.42. The molecule has 0 saturated carbocycles. The largest absolute Gasteiger partial charge is 0.464 e. The number of rotatable bonds is 8. The maximum Gasteiger partial charge on any atom is 0.416 e. The number of aliphatic hydroxyl groups is 2. The van der Waals surface area contributed by atoms with Crippen molar-refractivity contribution >= 4 is 29.1 Å². The third kappa shape index (κ3) is 6.33. The molecule has 0 aromatic heterocycles. The summed E-state index contributed by atoms with van der Waals surface area (Å²) < 4.78 is 45.1. The molecule has 0 amide bonds. The highest BCUT2D eigenvalue weighted by Crippen LogP contribution is 2.49. The van der Waals surface area contributed by atoms with Gasteiger partial charge in [0.25, 0.3) is 0 Å². The van der Waals surface area contributed by atoms with Gasteiger partial charge in [0.15, 0.2) is 6.10 Å². The summed E-state index contributed by atoms with van der Waals surface area (Å²) in [5, 5.41) is 20.9. The topological polar surface area (TPSA) is 76.5 Å². The Hall–Kier alpha value is -2.31. The first kappa shape index (κ1) is 26.7. The fourth-order valence-electron chi connectivity index (χ4n) is 4.48. The monoisotopic (exact) mass is 525 g/mol. The van der Waals surface area contributed by atoms with Crippen molar-refractivity contribution in [2.75, 3.05) is 57.3 Å². The van der Waals surface area contributed by atoms with Crippen LogP contribution in [-0.2, 0) is 15.7 Å². The van der Waals surface area contributed by atoms with Crippen LogP contribution in [-0.4, -0.2) is 90.6 Å². The number of piperazine rings is 1. The van der Waals surface area contributed by atoms with Gasteiger partial charge in [-0.3, -0.25) is 9.80 Å². The third-order valence-electron chi connectivity index (χ3n) is 6.27. The smallest absolute Gasteiger partial charge is 0.416 e.